The molecule has 0 atom stereocenters. The Morgan fingerprint density at radius 2 is 2.08 bits per heavy atom. The first-order valence-electron chi connectivity index (χ1n) is 3.41. The summed E-state index contributed by atoms with van der Waals surface area (Å²) < 4.78 is 0. The Bertz CT molecular complexity index is 201. The first kappa shape index (κ1) is 10.6. The average molecular weight is 172 g/mol. The van der Waals surface area contributed by atoms with Gasteiger partial charge in [0.05, 0.1) is 6.61 Å². The number of likely N-dealkylation sites (N-methyl/N-ethyl adjacent to an activating group) is 1. The normalized spacial score (nSPS) is 10.2. The Kier molecular flexibility index (Phi) is 4.71. The van der Waals surface area contributed by atoms with Gasteiger partial charge >= 0.3 is 0 Å². The lowest BCUT2D eigenvalue weighted by Gasteiger charge is -2.11. The number of carbonyl (C=O) groups is 2. The first-order valence-corrected chi connectivity index (χ1v) is 3.41. The molecule has 3 N–H and O–H groups in total. The van der Waals surface area contributed by atoms with Gasteiger partial charge in [0.15, 0.2) is 0 Å². The minimum atomic E-state index is -0.666. The Morgan fingerprint density at radius 1 is 1.50 bits per heavy atom. The van der Waals surface area contributed by atoms with Gasteiger partial charge in [-0.1, -0.05) is 0 Å². The van der Waals surface area contributed by atoms with Crippen LogP contribution in [0.2, 0.25) is 0 Å². The summed E-state index contributed by atoms with van der Waals surface area (Å²) in [6, 6.07) is 0. The molecule has 12 heavy (non-hydrogen) atoms. The summed E-state index contributed by atoms with van der Waals surface area (Å²) in [5, 5.41) is 8.45. The predicted octanol–water partition coefficient (Wildman–Crippen LogP) is -1.52. The van der Waals surface area contributed by atoms with E-state index in [0.29, 0.717) is 0 Å². The van der Waals surface area contributed by atoms with Crippen molar-refractivity contribution in [3.63, 3.8) is 0 Å². The van der Waals surface area contributed by atoms with Crippen LogP contribution in [0.1, 0.15) is 0 Å². The van der Waals surface area contributed by atoms with Crippen LogP contribution in [0.3, 0.4) is 0 Å². The number of aliphatic hydroxyl groups excluding tert-OH is 1. The fraction of sp³-hybridized carbons (Fsp3) is 0.429. The second-order valence-corrected chi connectivity index (χ2v) is 2.22. The van der Waals surface area contributed by atoms with E-state index in [1.54, 1.807) is 0 Å². The summed E-state index contributed by atoms with van der Waals surface area (Å²) in [6.45, 7) is 0.134. The van der Waals surface area contributed by atoms with E-state index in [2.05, 4.69) is 0 Å². The third kappa shape index (κ3) is 4.45. The van der Waals surface area contributed by atoms with Gasteiger partial charge in [-0.3, -0.25) is 9.59 Å². The third-order valence-electron chi connectivity index (χ3n) is 1.20. The van der Waals surface area contributed by atoms with Crippen molar-refractivity contribution in [1.82, 2.24) is 4.90 Å². The highest BCUT2D eigenvalue weighted by Crippen LogP contribution is 1.85. The lowest BCUT2D eigenvalue weighted by atomic mass is 10.4. The van der Waals surface area contributed by atoms with Crippen LogP contribution in [0.15, 0.2) is 12.2 Å². The molecule has 0 heterocycles. The molecule has 0 saturated heterocycles. The molecule has 0 aromatic carbocycles. The van der Waals surface area contributed by atoms with E-state index in [1.807, 2.05) is 0 Å². The van der Waals surface area contributed by atoms with Crippen molar-refractivity contribution in [3.8, 4) is 0 Å². The molecular weight excluding hydrogens is 160 g/mol. The van der Waals surface area contributed by atoms with Crippen LogP contribution in [-0.2, 0) is 9.59 Å². The standard InChI is InChI=1S/C7H12N2O3/c1-9(4-5-10)7(12)3-2-6(8)11/h2-3,10H,4-5H2,1H3,(H2,8,11). The first-order chi connectivity index (χ1) is 5.57. The molecule has 68 valence electrons. The maximum Gasteiger partial charge on any atom is 0.246 e. The number of nitrogens with zero attached hydrogens (tertiary/aromatic N) is 1. The SMILES string of the molecule is CN(CCO)C(=O)C=CC(N)=O. The van der Waals surface area contributed by atoms with Crippen LogP contribution >= 0.6 is 0 Å². The van der Waals surface area contributed by atoms with Gasteiger partial charge in [-0.05, 0) is 0 Å². The lowest BCUT2D eigenvalue weighted by Crippen LogP contribution is -2.28. The van der Waals surface area contributed by atoms with Crippen LogP contribution in [0.4, 0.5) is 0 Å². The van der Waals surface area contributed by atoms with E-state index < -0.39 is 5.91 Å². The number of hydrogen-bond acceptors (Lipinski definition) is 3. The molecule has 0 bridgehead atoms. The fourth-order valence-electron chi connectivity index (χ4n) is 0.541. The molecule has 0 fully saturated rings. The zero-order valence-corrected chi connectivity index (χ0v) is 6.86. The molecule has 2 amide bonds. The van der Waals surface area contributed by atoms with Crippen molar-refractivity contribution in [2.45, 2.75) is 0 Å². The maximum atomic E-state index is 11.0. The smallest absolute Gasteiger partial charge is 0.246 e. The van der Waals surface area contributed by atoms with E-state index in [4.69, 9.17) is 10.8 Å². The molecule has 0 aromatic rings. The largest absolute Gasteiger partial charge is 0.395 e. The Hall–Kier alpha value is -1.36. The minimum absolute atomic E-state index is 0.105. The van der Waals surface area contributed by atoms with Gasteiger partial charge < -0.3 is 15.7 Å². The average Bonchev–Trinajstić information content (AvgIpc) is 2.00. The molecule has 5 nitrogen and oxygen atoms in total. The molecule has 0 aromatic heterocycles. The van der Waals surface area contributed by atoms with Gasteiger partial charge in [0, 0.05) is 25.7 Å². The molecule has 0 radical (unpaired) electrons. The fourth-order valence-corrected chi connectivity index (χ4v) is 0.541. The van der Waals surface area contributed by atoms with Crippen molar-refractivity contribution in [2.24, 2.45) is 5.73 Å². The lowest BCUT2D eigenvalue weighted by molar-refractivity contribution is -0.125. The highest BCUT2D eigenvalue weighted by Gasteiger charge is 2.02. The van der Waals surface area contributed by atoms with Crippen LogP contribution < -0.4 is 5.73 Å². The zero-order chi connectivity index (χ0) is 9.56. The van der Waals surface area contributed by atoms with Gasteiger partial charge in [-0.25, -0.2) is 0 Å². The summed E-state index contributed by atoms with van der Waals surface area (Å²) in [4.78, 5) is 22.4. The molecule has 0 unspecified atom stereocenters. The Balaban J connectivity index is 3.94. The number of primary amides is 1. The number of aliphatic hydroxyl groups is 1. The van der Waals surface area contributed by atoms with Crippen molar-refractivity contribution in [3.05, 3.63) is 12.2 Å². The van der Waals surface area contributed by atoms with Crippen LogP contribution in [0.5, 0.6) is 0 Å². The highest BCUT2D eigenvalue weighted by atomic mass is 16.3. The second-order valence-electron chi connectivity index (χ2n) is 2.22. The molecule has 5 heteroatoms. The zero-order valence-electron chi connectivity index (χ0n) is 6.86. The van der Waals surface area contributed by atoms with Gasteiger partial charge in [-0.2, -0.15) is 0 Å². The number of amides is 2. The monoisotopic (exact) mass is 172 g/mol. The highest BCUT2D eigenvalue weighted by molar-refractivity contribution is 5.95. The maximum absolute atomic E-state index is 11.0. The third-order valence-corrected chi connectivity index (χ3v) is 1.20. The number of rotatable bonds is 4. The van der Waals surface area contributed by atoms with Crippen molar-refractivity contribution in [2.75, 3.05) is 20.2 Å². The second kappa shape index (κ2) is 5.31. The van der Waals surface area contributed by atoms with Crippen LogP contribution in [0, 0.1) is 0 Å². The summed E-state index contributed by atoms with van der Waals surface area (Å²) in [7, 11) is 1.52. The number of hydrogen-bond donors (Lipinski definition) is 2. The molecule has 0 saturated carbocycles. The van der Waals surface area contributed by atoms with Gasteiger partial charge in [-0.15, -0.1) is 0 Å². The predicted molar refractivity (Wildman–Crippen MR) is 43.1 cm³/mol. The Morgan fingerprint density at radius 3 is 2.50 bits per heavy atom. The van der Waals surface area contributed by atoms with Gasteiger partial charge in [0.1, 0.15) is 0 Å². The van der Waals surface area contributed by atoms with Gasteiger partial charge in [0.25, 0.3) is 0 Å². The Labute approximate surface area is 70.5 Å². The summed E-state index contributed by atoms with van der Waals surface area (Å²) >= 11 is 0. The summed E-state index contributed by atoms with van der Waals surface area (Å²) in [6.07, 6.45) is 2.05. The topological polar surface area (TPSA) is 83.6 Å². The summed E-state index contributed by atoms with van der Waals surface area (Å²) in [5.41, 5.74) is 4.77. The number of carbonyl (C=O) groups excluding carboxylic acids is 2. The molecule has 0 aliphatic rings. The van der Waals surface area contributed by atoms with Crippen molar-refractivity contribution < 1.29 is 14.7 Å². The molecular formula is C7H12N2O3. The van der Waals surface area contributed by atoms with Crippen LogP contribution in [0.25, 0.3) is 0 Å². The van der Waals surface area contributed by atoms with E-state index in [1.165, 1.54) is 11.9 Å². The van der Waals surface area contributed by atoms with E-state index in [9.17, 15) is 9.59 Å². The quantitative estimate of drug-likeness (QED) is 0.505. The molecule has 0 aliphatic carbocycles. The van der Waals surface area contributed by atoms with E-state index in [-0.39, 0.29) is 19.1 Å². The summed E-state index contributed by atoms with van der Waals surface area (Å²) in [5.74, 6) is -1.02. The number of nitrogens with two attached hydrogens (primary N) is 1. The van der Waals surface area contributed by atoms with Crippen molar-refractivity contribution >= 4 is 11.8 Å². The molecule has 0 aliphatic heterocycles. The van der Waals surface area contributed by atoms with E-state index in [0.717, 1.165) is 12.2 Å². The van der Waals surface area contributed by atoms with Crippen molar-refractivity contribution in [1.29, 1.82) is 0 Å². The van der Waals surface area contributed by atoms with Gasteiger partial charge in [0.2, 0.25) is 11.8 Å². The molecule has 0 rings (SSSR count). The minimum Gasteiger partial charge on any atom is -0.395 e. The van der Waals surface area contributed by atoms with Crippen LogP contribution in [-0.4, -0.2) is 42.0 Å². The molecule has 0 spiro atoms. The van der Waals surface area contributed by atoms with E-state index >= 15 is 0 Å².